The Morgan fingerprint density at radius 3 is 2.66 bits per heavy atom. The summed E-state index contributed by atoms with van der Waals surface area (Å²) in [7, 11) is 3.51. The Morgan fingerprint density at radius 2 is 1.96 bits per heavy atom. The number of hydrogen-bond donors (Lipinski definition) is 2. The monoisotopic (exact) mass is 802 g/mol. The number of hydrogen-bond acceptors (Lipinski definition) is 11. The van der Waals surface area contributed by atoms with Gasteiger partial charge in [0.05, 0.1) is 40.7 Å². The zero-order valence-corrected chi connectivity index (χ0v) is 33.2. The van der Waals surface area contributed by atoms with E-state index >= 15 is 4.39 Å². The Morgan fingerprint density at radius 1 is 1.23 bits per heavy atom. The molecule has 3 atom stereocenters. The number of alkyl halides is 3. The molecule has 2 fully saturated rings. The zero-order chi connectivity index (χ0) is 40.5. The third kappa shape index (κ3) is 9.34. The minimum atomic E-state index is -4.68. The normalized spacial score (nSPS) is 22.4. The van der Waals surface area contributed by atoms with E-state index in [0.29, 0.717) is 35.8 Å². The van der Waals surface area contributed by atoms with Crippen molar-refractivity contribution in [1.29, 1.82) is 0 Å². The molecule has 0 aliphatic carbocycles. The number of cyclic esters (lactones) is 1. The van der Waals surface area contributed by atoms with Crippen LogP contribution in [-0.2, 0) is 38.4 Å². The number of hydrazine groups is 1. The van der Waals surface area contributed by atoms with E-state index in [4.69, 9.17) is 20.2 Å². The van der Waals surface area contributed by atoms with Gasteiger partial charge in [0, 0.05) is 85.6 Å². The van der Waals surface area contributed by atoms with Gasteiger partial charge >= 0.3 is 12.1 Å². The third-order valence-electron chi connectivity index (χ3n) is 10.5. The Hall–Kier alpha value is -4.16. The first-order chi connectivity index (χ1) is 26.4. The number of esters is 1. The molecule has 0 spiro atoms. The van der Waals surface area contributed by atoms with Gasteiger partial charge in [0.2, 0.25) is 0 Å². The van der Waals surface area contributed by atoms with Gasteiger partial charge in [0.1, 0.15) is 18.4 Å². The van der Waals surface area contributed by atoms with Crippen LogP contribution in [0.1, 0.15) is 49.9 Å². The van der Waals surface area contributed by atoms with E-state index in [-0.39, 0.29) is 52.9 Å². The summed E-state index contributed by atoms with van der Waals surface area (Å²) in [4.78, 5) is 40.3. The summed E-state index contributed by atoms with van der Waals surface area (Å²) in [5, 5.41) is 3.44. The quantitative estimate of drug-likeness (QED) is 0.189. The van der Waals surface area contributed by atoms with Crippen LogP contribution >= 0.6 is 11.3 Å². The first-order valence-electron chi connectivity index (χ1n) is 18.7. The van der Waals surface area contributed by atoms with Gasteiger partial charge in [-0.1, -0.05) is 20.4 Å². The number of nitrogens with zero attached hydrogens (tertiary/aromatic N) is 6. The number of amides is 1. The number of likely N-dealkylation sites (N-methyl/N-ethyl adjacent to an activating group) is 1. The van der Waals surface area contributed by atoms with Crippen molar-refractivity contribution in [3.8, 4) is 11.3 Å². The van der Waals surface area contributed by atoms with Crippen LogP contribution in [0.15, 0.2) is 40.5 Å². The fraction of sp³-hybridized carbons (Fsp3) is 0.538. The molecule has 2 saturated heterocycles. The lowest BCUT2D eigenvalue weighted by atomic mass is 9.85. The number of carbonyl (C=O) groups is 2. The highest BCUT2D eigenvalue weighted by molar-refractivity contribution is 7.10. The number of thiazole rings is 1. The van der Waals surface area contributed by atoms with Crippen molar-refractivity contribution in [1.82, 2.24) is 29.8 Å². The van der Waals surface area contributed by atoms with Gasteiger partial charge in [-0.25, -0.2) is 14.8 Å². The number of carbonyl (C=O) groups excluding carboxylic acids is 2. The number of benzene rings is 1. The number of halogens is 4. The molecule has 0 unspecified atom stereocenters. The molecule has 56 heavy (non-hydrogen) atoms. The Kier molecular flexibility index (Phi) is 12.4. The van der Waals surface area contributed by atoms with E-state index in [1.165, 1.54) is 41.7 Å². The van der Waals surface area contributed by atoms with Crippen molar-refractivity contribution in [2.24, 2.45) is 16.1 Å². The molecule has 3 N–H and O–H groups in total. The summed E-state index contributed by atoms with van der Waals surface area (Å²) in [6.45, 7) is 11.5. The highest BCUT2D eigenvalue weighted by Crippen LogP contribution is 2.40. The highest BCUT2D eigenvalue weighted by atomic mass is 32.1. The largest absolute Gasteiger partial charge is 0.464 e. The van der Waals surface area contributed by atoms with Crippen LogP contribution in [0.25, 0.3) is 28.2 Å². The van der Waals surface area contributed by atoms with Crippen molar-refractivity contribution in [3.05, 3.63) is 57.6 Å². The van der Waals surface area contributed by atoms with E-state index in [0.717, 1.165) is 30.7 Å². The van der Waals surface area contributed by atoms with Crippen LogP contribution in [0.4, 0.5) is 17.6 Å². The van der Waals surface area contributed by atoms with E-state index < -0.39 is 54.0 Å². The van der Waals surface area contributed by atoms with Gasteiger partial charge in [-0.15, -0.1) is 11.3 Å². The molecule has 12 nitrogen and oxygen atoms in total. The molecule has 304 valence electrons. The van der Waals surface area contributed by atoms with Crippen molar-refractivity contribution in [2.45, 2.75) is 77.4 Å². The van der Waals surface area contributed by atoms with Crippen molar-refractivity contribution < 1.29 is 36.6 Å². The number of rotatable bonds is 7. The second kappa shape index (κ2) is 16.7. The topological polar surface area (TPSA) is 131 Å². The number of piperazine rings is 1. The van der Waals surface area contributed by atoms with E-state index in [9.17, 15) is 22.8 Å². The zero-order valence-electron chi connectivity index (χ0n) is 32.4. The Labute approximate surface area is 328 Å². The molecule has 1 amide bonds. The highest BCUT2D eigenvalue weighted by Gasteiger charge is 2.36. The minimum absolute atomic E-state index is 0.0140. The minimum Gasteiger partial charge on any atom is -0.464 e. The standard InChI is InChI=1S/C39H50F4N8O4S/c1-23(49-14-12-48(5)13-15-49)19-45-29(24(2)54-6)17-32-26-18-38(3,4)22-55-37(53)28-8-7-11-51(47-28)36(52)27(44)16-33-46-30(20-56-33)25-9-10-31(34(26)35(25)40)50(32)21-39(41,42)43/h9-10,17,19-20,24,27-28,47H,1,7-8,11-16,18,21-22,44H2,2-6H3/b29-17+,45-19?/t24-,27-,28-/m0/s1. The Bertz CT molecular complexity index is 2020. The molecule has 5 heterocycles. The summed E-state index contributed by atoms with van der Waals surface area (Å²) in [6, 6.07) is 1.08. The van der Waals surface area contributed by atoms with Gasteiger partial charge < -0.3 is 29.6 Å². The number of aromatic nitrogens is 2. The summed E-state index contributed by atoms with van der Waals surface area (Å²) in [5.74, 6) is -1.76. The maximum absolute atomic E-state index is 17.2. The maximum Gasteiger partial charge on any atom is 0.406 e. The number of nitrogens with two attached hydrogens (primary N) is 1. The summed E-state index contributed by atoms with van der Waals surface area (Å²) in [5.41, 5.74) is 10.1. The van der Waals surface area contributed by atoms with Gasteiger partial charge in [0.25, 0.3) is 5.91 Å². The summed E-state index contributed by atoms with van der Waals surface area (Å²) < 4.78 is 73.2. The van der Waals surface area contributed by atoms with Crippen LogP contribution in [0.2, 0.25) is 0 Å². The molecule has 2 aromatic heterocycles. The fourth-order valence-electron chi connectivity index (χ4n) is 7.25. The molecule has 3 aromatic rings. The van der Waals surface area contributed by atoms with Gasteiger partial charge in [-0.2, -0.15) is 13.2 Å². The van der Waals surface area contributed by atoms with Crippen LogP contribution in [0, 0.1) is 11.2 Å². The fourth-order valence-corrected chi connectivity index (χ4v) is 8.10. The Balaban J connectivity index is 1.53. The van der Waals surface area contributed by atoms with Crippen molar-refractivity contribution in [3.63, 3.8) is 0 Å². The molecular weight excluding hydrogens is 753 g/mol. The van der Waals surface area contributed by atoms with Gasteiger partial charge in [-0.3, -0.25) is 19.6 Å². The molecule has 0 saturated carbocycles. The average Bonchev–Trinajstić information content (AvgIpc) is 3.72. The molecule has 6 rings (SSSR count). The molecule has 3 aliphatic heterocycles. The number of nitrogens with one attached hydrogen (secondary N) is 1. The van der Waals surface area contributed by atoms with E-state index in [1.54, 1.807) is 32.4 Å². The molecule has 1 aromatic carbocycles. The second-order valence-corrected chi connectivity index (χ2v) is 16.5. The maximum atomic E-state index is 17.2. The first kappa shape index (κ1) is 41.5. The smallest absolute Gasteiger partial charge is 0.406 e. The number of ether oxygens (including phenoxy) is 2. The average molecular weight is 803 g/mol. The lowest BCUT2D eigenvalue weighted by Crippen LogP contribution is -2.59. The molecule has 6 bridgehead atoms. The van der Waals surface area contributed by atoms with E-state index in [1.807, 2.05) is 7.05 Å². The van der Waals surface area contributed by atoms with Crippen LogP contribution < -0.4 is 11.2 Å². The number of methoxy groups -OCH3 is 1. The number of allylic oxidation sites excluding steroid dienone is 1. The SMILES string of the molecule is C=C(C=N/C(=C/c1c2c3c(F)c(ccc3n1CC(F)(F)F)-c1csc(n1)C[C@H](N)C(=O)N1CCC[C@H](N1)C(=O)OCC(C)(C)C2)[C@H](C)OC)N1CCN(C)CC1. The third-order valence-corrected chi connectivity index (χ3v) is 11.4. The summed E-state index contributed by atoms with van der Waals surface area (Å²) >= 11 is 1.20. The number of aliphatic imine (C=N–C) groups is 1. The lowest BCUT2D eigenvalue weighted by Gasteiger charge is -2.34. The molecular formula is C39H50F4N8O4S. The molecule has 17 heteroatoms. The van der Waals surface area contributed by atoms with E-state index in [2.05, 4.69) is 26.8 Å². The second-order valence-electron chi connectivity index (χ2n) is 15.6. The lowest BCUT2D eigenvalue weighted by molar-refractivity contribution is -0.155. The van der Waals surface area contributed by atoms with Crippen LogP contribution in [0.5, 0.6) is 0 Å². The van der Waals surface area contributed by atoms with Crippen molar-refractivity contribution >= 4 is 46.4 Å². The molecule has 3 aliphatic rings. The first-order valence-corrected chi connectivity index (χ1v) is 19.6. The van der Waals surface area contributed by atoms with Crippen LogP contribution in [-0.4, -0.2) is 120 Å². The predicted molar refractivity (Wildman–Crippen MR) is 208 cm³/mol. The molecule has 0 radical (unpaired) electrons. The number of fused-ring (bicyclic) bond motifs is 6. The summed E-state index contributed by atoms with van der Waals surface area (Å²) in [6.07, 6.45) is -1.21. The van der Waals surface area contributed by atoms with Crippen LogP contribution in [0.3, 0.4) is 0 Å². The van der Waals surface area contributed by atoms with Gasteiger partial charge in [-0.05, 0) is 57.0 Å². The van der Waals surface area contributed by atoms with Gasteiger partial charge in [0.15, 0.2) is 0 Å². The predicted octanol–water partition coefficient (Wildman–Crippen LogP) is 5.16. The van der Waals surface area contributed by atoms with Crippen molar-refractivity contribution in [2.75, 3.05) is 53.5 Å².